The first-order valence-electron chi connectivity index (χ1n) is 6.35. The molecule has 0 spiro atoms. The van der Waals surface area contributed by atoms with E-state index in [1.807, 2.05) is 18.2 Å². The van der Waals surface area contributed by atoms with Gasteiger partial charge in [0, 0.05) is 5.56 Å². The average molecular weight is 256 g/mol. The predicted molar refractivity (Wildman–Crippen MR) is 81.1 cm³/mol. The molecule has 0 bridgehead atoms. The maximum absolute atomic E-state index is 6.02. The zero-order chi connectivity index (χ0) is 13.2. The standard InChI is InChI=1S/C16H20OSi/c1-5-16(18(2,3)4)15-12-11-14(17-15)13-9-7-6-8-10-13/h5-12H,1-4H3/b16-5+. The minimum Gasteiger partial charge on any atom is -0.457 e. The van der Waals surface area contributed by atoms with Crippen LogP contribution < -0.4 is 0 Å². The Bertz CT molecular complexity index is 544. The summed E-state index contributed by atoms with van der Waals surface area (Å²) >= 11 is 0. The quantitative estimate of drug-likeness (QED) is 0.686. The Hall–Kier alpha value is -1.54. The van der Waals surface area contributed by atoms with Gasteiger partial charge in [0.1, 0.15) is 11.5 Å². The second-order valence-corrected chi connectivity index (χ2v) is 10.5. The normalized spacial score (nSPS) is 12.8. The molecule has 2 rings (SSSR count). The van der Waals surface area contributed by atoms with E-state index < -0.39 is 8.07 Å². The number of furan rings is 1. The van der Waals surface area contributed by atoms with Crippen molar-refractivity contribution in [2.24, 2.45) is 0 Å². The lowest BCUT2D eigenvalue weighted by molar-refractivity contribution is 0.569. The Morgan fingerprint density at radius 2 is 1.67 bits per heavy atom. The molecule has 0 saturated carbocycles. The second-order valence-electron chi connectivity index (χ2n) is 5.48. The average Bonchev–Trinajstić information content (AvgIpc) is 2.78. The second kappa shape index (κ2) is 4.98. The molecule has 0 radical (unpaired) electrons. The lowest BCUT2D eigenvalue weighted by Crippen LogP contribution is -2.22. The molecule has 0 amide bonds. The van der Waals surface area contributed by atoms with Crippen LogP contribution in [0.5, 0.6) is 0 Å². The summed E-state index contributed by atoms with van der Waals surface area (Å²) in [5.41, 5.74) is 1.13. The zero-order valence-corrected chi connectivity index (χ0v) is 12.5. The van der Waals surface area contributed by atoms with Crippen LogP contribution >= 0.6 is 0 Å². The van der Waals surface area contributed by atoms with Crippen molar-refractivity contribution in [1.82, 2.24) is 0 Å². The Morgan fingerprint density at radius 3 is 2.22 bits per heavy atom. The topological polar surface area (TPSA) is 13.1 Å². The van der Waals surface area contributed by atoms with Gasteiger partial charge in [-0.3, -0.25) is 0 Å². The molecule has 94 valence electrons. The molecule has 2 aromatic rings. The molecule has 1 nitrogen and oxygen atoms in total. The van der Waals surface area contributed by atoms with Crippen molar-refractivity contribution in [3.05, 3.63) is 54.3 Å². The van der Waals surface area contributed by atoms with E-state index in [9.17, 15) is 0 Å². The van der Waals surface area contributed by atoms with E-state index in [1.165, 1.54) is 5.20 Å². The van der Waals surface area contributed by atoms with Gasteiger partial charge in [-0.15, -0.1) is 0 Å². The Kier molecular flexibility index (Phi) is 3.57. The van der Waals surface area contributed by atoms with Gasteiger partial charge in [-0.2, -0.15) is 0 Å². The van der Waals surface area contributed by atoms with Crippen molar-refractivity contribution in [2.75, 3.05) is 0 Å². The van der Waals surface area contributed by atoms with Gasteiger partial charge in [-0.25, -0.2) is 0 Å². The molecule has 0 unspecified atom stereocenters. The van der Waals surface area contributed by atoms with Crippen LogP contribution in [-0.4, -0.2) is 8.07 Å². The maximum Gasteiger partial charge on any atom is 0.134 e. The van der Waals surface area contributed by atoms with E-state index in [4.69, 9.17) is 4.42 Å². The fraction of sp³-hybridized carbons (Fsp3) is 0.250. The van der Waals surface area contributed by atoms with Crippen LogP contribution in [0.25, 0.3) is 16.5 Å². The number of allylic oxidation sites excluding steroid dienone is 1. The lowest BCUT2D eigenvalue weighted by Gasteiger charge is -2.18. The van der Waals surface area contributed by atoms with Crippen molar-refractivity contribution in [1.29, 1.82) is 0 Å². The third kappa shape index (κ3) is 2.65. The Labute approximate surface area is 110 Å². The fourth-order valence-corrected chi connectivity index (χ4v) is 3.92. The summed E-state index contributed by atoms with van der Waals surface area (Å²) in [6, 6.07) is 14.4. The summed E-state index contributed by atoms with van der Waals surface area (Å²) in [7, 11) is -1.35. The summed E-state index contributed by atoms with van der Waals surface area (Å²) < 4.78 is 6.02. The van der Waals surface area contributed by atoms with Crippen molar-refractivity contribution < 1.29 is 4.42 Å². The van der Waals surface area contributed by atoms with E-state index in [-0.39, 0.29) is 0 Å². The van der Waals surface area contributed by atoms with Gasteiger partial charge < -0.3 is 4.42 Å². The van der Waals surface area contributed by atoms with Crippen LogP contribution in [0.15, 0.2) is 53.0 Å². The van der Waals surface area contributed by atoms with Gasteiger partial charge in [-0.05, 0) is 24.3 Å². The smallest absolute Gasteiger partial charge is 0.134 e. The number of hydrogen-bond donors (Lipinski definition) is 0. The van der Waals surface area contributed by atoms with E-state index in [2.05, 4.69) is 56.9 Å². The largest absolute Gasteiger partial charge is 0.457 e. The summed E-state index contributed by atoms with van der Waals surface area (Å²) in [5.74, 6) is 1.97. The molecular formula is C16H20OSi. The minimum absolute atomic E-state index is 0.947. The molecule has 1 aromatic heterocycles. The van der Waals surface area contributed by atoms with Crippen LogP contribution in [0.2, 0.25) is 19.6 Å². The molecule has 0 aliphatic carbocycles. The third-order valence-electron chi connectivity index (χ3n) is 3.03. The molecule has 18 heavy (non-hydrogen) atoms. The van der Waals surface area contributed by atoms with Crippen LogP contribution in [0.1, 0.15) is 12.7 Å². The van der Waals surface area contributed by atoms with Crippen molar-refractivity contribution in [3.8, 4) is 11.3 Å². The highest BCUT2D eigenvalue weighted by Crippen LogP contribution is 2.30. The first-order valence-corrected chi connectivity index (χ1v) is 9.85. The molecule has 0 atom stereocenters. The van der Waals surface area contributed by atoms with Crippen LogP contribution in [-0.2, 0) is 0 Å². The molecular weight excluding hydrogens is 236 g/mol. The first kappa shape index (κ1) is 12.9. The maximum atomic E-state index is 6.02. The Balaban J connectivity index is 2.37. The van der Waals surface area contributed by atoms with Gasteiger partial charge in [0.15, 0.2) is 0 Å². The zero-order valence-electron chi connectivity index (χ0n) is 11.5. The van der Waals surface area contributed by atoms with E-state index in [1.54, 1.807) is 0 Å². The fourth-order valence-electron chi connectivity index (χ4n) is 2.19. The van der Waals surface area contributed by atoms with E-state index in [0.29, 0.717) is 0 Å². The van der Waals surface area contributed by atoms with Gasteiger partial charge in [0.05, 0.1) is 8.07 Å². The molecule has 0 aliphatic heterocycles. The Morgan fingerprint density at radius 1 is 1.00 bits per heavy atom. The number of rotatable bonds is 3. The first-order chi connectivity index (χ1) is 8.52. The number of benzene rings is 1. The van der Waals surface area contributed by atoms with Crippen LogP contribution in [0.4, 0.5) is 0 Å². The van der Waals surface area contributed by atoms with Crippen molar-refractivity contribution in [2.45, 2.75) is 26.6 Å². The van der Waals surface area contributed by atoms with Crippen LogP contribution in [0.3, 0.4) is 0 Å². The summed E-state index contributed by atoms with van der Waals surface area (Å²) in [4.78, 5) is 0. The summed E-state index contributed by atoms with van der Waals surface area (Å²) in [6.45, 7) is 9.12. The summed E-state index contributed by atoms with van der Waals surface area (Å²) in [5, 5.41) is 1.38. The molecule has 0 N–H and O–H groups in total. The molecule has 1 aromatic carbocycles. The SMILES string of the molecule is C/C=C(\c1ccc(-c2ccccc2)o1)[Si](C)(C)C. The highest BCUT2D eigenvalue weighted by Gasteiger charge is 2.23. The third-order valence-corrected chi connectivity index (χ3v) is 5.18. The van der Waals surface area contributed by atoms with Gasteiger partial charge in [0.2, 0.25) is 0 Å². The van der Waals surface area contributed by atoms with E-state index >= 15 is 0 Å². The molecule has 0 fully saturated rings. The lowest BCUT2D eigenvalue weighted by atomic mass is 10.2. The molecule has 2 heteroatoms. The van der Waals surface area contributed by atoms with Crippen molar-refractivity contribution >= 4 is 13.3 Å². The monoisotopic (exact) mass is 256 g/mol. The summed E-state index contributed by atoms with van der Waals surface area (Å²) in [6.07, 6.45) is 2.19. The van der Waals surface area contributed by atoms with Crippen LogP contribution in [0, 0.1) is 0 Å². The molecule has 0 aliphatic rings. The molecule has 1 heterocycles. The van der Waals surface area contributed by atoms with Crippen molar-refractivity contribution in [3.63, 3.8) is 0 Å². The number of hydrogen-bond acceptors (Lipinski definition) is 1. The van der Waals surface area contributed by atoms with Gasteiger partial charge >= 0.3 is 0 Å². The minimum atomic E-state index is -1.35. The van der Waals surface area contributed by atoms with Gasteiger partial charge in [0.25, 0.3) is 0 Å². The van der Waals surface area contributed by atoms with E-state index in [0.717, 1.165) is 17.1 Å². The van der Waals surface area contributed by atoms with Gasteiger partial charge in [-0.1, -0.05) is 56.0 Å². The predicted octanol–water partition coefficient (Wildman–Crippen LogP) is 5.23. The molecule has 0 saturated heterocycles. The highest BCUT2D eigenvalue weighted by molar-refractivity contribution is 6.93. The highest BCUT2D eigenvalue weighted by atomic mass is 28.3.